The van der Waals surface area contributed by atoms with Crippen LogP contribution in [0, 0.1) is 13.8 Å². The molecule has 0 heterocycles. The molecule has 4 aromatic rings. The van der Waals surface area contributed by atoms with Gasteiger partial charge < -0.3 is 0 Å². The molecule has 4 aromatic carbocycles. The molecule has 148 valence electrons. The van der Waals surface area contributed by atoms with Gasteiger partial charge in [0.15, 0.2) is 0 Å². The fourth-order valence-corrected chi connectivity index (χ4v) is 4.34. The van der Waals surface area contributed by atoms with Gasteiger partial charge in [0.1, 0.15) is 0 Å². The van der Waals surface area contributed by atoms with Gasteiger partial charge in [-0.3, -0.25) is 0 Å². The van der Waals surface area contributed by atoms with E-state index in [0.717, 1.165) is 6.42 Å². The summed E-state index contributed by atoms with van der Waals surface area (Å²) in [6.07, 6.45) is 1.02. The summed E-state index contributed by atoms with van der Waals surface area (Å²) < 4.78 is 0. The van der Waals surface area contributed by atoms with Crippen molar-refractivity contribution in [2.75, 3.05) is 0 Å². The van der Waals surface area contributed by atoms with Crippen molar-refractivity contribution in [2.45, 2.75) is 20.3 Å². The quantitative estimate of drug-likeness (QED) is 0.224. The zero-order chi connectivity index (χ0) is 21.1. The molecule has 30 heavy (non-hydrogen) atoms. The Balaban J connectivity index is 0.000000687. The minimum atomic E-state index is -0.826. The van der Waals surface area contributed by atoms with Crippen LogP contribution in [0.25, 0.3) is 33.4 Å². The van der Waals surface area contributed by atoms with Crippen LogP contribution in [-0.2, 0) is 27.3 Å². The van der Waals surface area contributed by atoms with Gasteiger partial charge in [-0.25, -0.2) is 0 Å². The molecule has 0 atom stereocenters. The van der Waals surface area contributed by atoms with E-state index in [1.54, 1.807) is 0 Å². The Morgan fingerprint density at radius 1 is 0.567 bits per heavy atom. The molecular formula is C27H22Cl2Zr. The van der Waals surface area contributed by atoms with Crippen LogP contribution >= 0.6 is 17.0 Å². The fourth-order valence-electron chi connectivity index (χ4n) is 4.34. The van der Waals surface area contributed by atoms with Crippen molar-refractivity contribution < 1.29 is 20.8 Å². The Bertz CT molecular complexity index is 1100. The zero-order valence-corrected chi connectivity index (χ0v) is 21.0. The number of rotatable bonds is 2. The van der Waals surface area contributed by atoms with E-state index < -0.39 is 20.8 Å². The average molecular weight is 509 g/mol. The van der Waals surface area contributed by atoms with Gasteiger partial charge in [0, 0.05) is 0 Å². The molecule has 1 aliphatic carbocycles. The minimum absolute atomic E-state index is 0.826. The summed E-state index contributed by atoms with van der Waals surface area (Å²) in [6.45, 7) is 4.37. The molecule has 0 aliphatic heterocycles. The summed E-state index contributed by atoms with van der Waals surface area (Å²) in [4.78, 5) is 0. The molecule has 0 bridgehead atoms. The summed E-state index contributed by atoms with van der Waals surface area (Å²) in [6, 6.07) is 31.2. The van der Waals surface area contributed by atoms with Gasteiger partial charge in [-0.05, 0) is 75.9 Å². The Morgan fingerprint density at radius 3 is 1.37 bits per heavy atom. The number of benzene rings is 4. The van der Waals surface area contributed by atoms with Crippen molar-refractivity contribution in [3.63, 3.8) is 0 Å². The van der Waals surface area contributed by atoms with E-state index in [2.05, 4.69) is 98.8 Å². The van der Waals surface area contributed by atoms with Crippen molar-refractivity contribution in [3.8, 4) is 33.4 Å². The number of aryl methyl sites for hydroxylation is 2. The molecule has 0 saturated carbocycles. The van der Waals surface area contributed by atoms with Crippen LogP contribution in [0.5, 0.6) is 0 Å². The fraction of sp³-hybridized carbons (Fsp3) is 0.111. The van der Waals surface area contributed by atoms with Crippen LogP contribution in [0.2, 0.25) is 0 Å². The Kier molecular flexibility index (Phi) is 6.94. The van der Waals surface area contributed by atoms with Gasteiger partial charge in [0.25, 0.3) is 0 Å². The molecule has 1 aliphatic rings. The maximum absolute atomic E-state index is 4.93. The summed E-state index contributed by atoms with van der Waals surface area (Å²) in [5, 5.41) is 0. The van der Waals surface area contributed by atoms with Crippen LogP contribution in [0.3, 0.4) is 0 Å². The van der Waals surface area contributed by atoms with Crippen LogP contribution in [-0.4, -0.2) is 0 Å². The first kappa shape index (κ1) is 21.6. The van der Waals surface area contributed by atoms with Crippen molar-refractivity contribution >= 4 is 17.0 Å². The monoisotopic (exact) mass is 506 g/mol. The zero-order valence-electron chi connectivity index (χ0n) is 17.0. The molecule has 0 spiro atoms. The van der Waals surface area contributed by atoms with Gasteiger partial charge in [-0.1, -0.05) is 84.9 Å². The summed E-state index contributed by atoms with van der Waals surface area (Å²) in [5.41, 5.74) is 13.6. The standard InChI is InChI=1S/C27H22.2ClH.Zr/c1-18-7-3-5-9-24(18)20-11-13-26-22(15-20)17-23-16-21(12-14-27(23)26)25-10-6-4-8-19(25)2;;;/h3-16H,17H2,1-2H3;2*1H;/q;;;+2/p-2. The van der Waals surface area contributed by atoms with Gasteiger partial charge in [0.2, 0.25) is 0 Å². The van der Waals surface area contributed by atoms with Crippen LogP contribution in [0.15, 0.2) is 84.9 Å². The topological polar surface area (TPSA) is 0 Å². The molecule has 0 fully saturated rings. The van der Waals surface area contributed by atoms with E-state index >= 15 is 0 Å². The molecule has 3 heteroatoms. The van der Waals surface area contributed by atoms with Crippen molar-refractivity contribution in [3.05, 3.63) is 107 Å². The number of hydrogen-bond acceptors (Lipinski definition) is 0. The third-order valence-corrected chi connectivity index (χ3v) is 5.79. The van der Waals surface area contributed by atoms with Gasteiger partial charge in [0.05, 0.1) is 0 Å². The maximum atomic E-state index is 4.93. The van der Waals surface area contributed by atoms with Crippen LogP contribution in [0.4, 0.5) is 0 Å². The molecule has 0 unspecified atom stereocenters. The van der Waals surface area contributed by atoms with Crippen molar-refractivity contribution in [2.24, 2.45) is 0 Å². The average Bonchev–Trinajstić information content (AvgIpc) is 3.12. The molecule has 0 radical (unpaired) electrons. The van der Waals surface area contributed by atoms with Gasteiger partial charge >= 0.3 is 37.9 Å². The number of hydrogen-bond donors (Lipinski definition) is 0. The van der Waals surface area contributed by atoms with Crippen molar-refractivity contribution in [1.29, 1.82) is 0 Å². The third-order valence-electron chi connectivity index (χ3n) is 5.79. The molecule has 0 saturated heterocycles. The molecule has 0 nitrogen and oxygen atoms in total. The van der Waals surface area contributed by atoms with E-state index in [4.69, 9.17) is 17.0 Å². The summed E-state index contributed by atoms with van der Waals surface area (Å²) in [5.74, 6) is 0. The molecular weight excluding hydrogens is 486 g/mol. The second kappa shape index (κ2) is 9.65. The number of halogens is 2. The SMILES string of the molecule is Cc1ccccc1-c1ccc2c(c1)Cc1cc(-c3ccccc3C)ccc1-2.[Cl][Zr][Cl]. The van der Waals surface area contributed by atoms with E-state index in [0.29, 0.717) is 0 Å². The first-order valence-electron chi connectivity index (χ1n) is 9.97. The van der Waals surface area contributed by atoms with E-state index in [1.807, 2.05) is 0 Å². The second-order valence-corrected chi connectivity index (χ2v) is 11.4. The van der Waals surface area contributed by atoms with Gasteiger partial charge in [-0.15, -0.1) is 0 Å². The molecule has 0 amide bonds. The second-order valence-electron chi connectivity index (χ2n) is 7.62. The van der Waals surface area contributed by atoms with E-state index in [9.17, 15) is 0 Å². The van der Waals surface area contributed by atoms with Crippen molar-refractivity contribution in [1.82, 2.24) is 0 Å². The van der Waals surface area contributed by atoms with Crippen LogP contribution < -0.4 is 0 Å². The predicted octanol–water partition coefficient (Wildman–Crippen LogP) is 8.59. The Hall–Kier alpha value is -1.66. The first-order valence-corrected chi connectivity index (χ1v) is 16.3. The van der Waals surface area contributed by atoms with Gasteiger partial charge in [-0.2, -0.15) is 0 Å². The third kappa shape index (κ3) is 4.35. The van der Waals surface area contributed by atoms with Crippen LogP contribution in [0.1, 0.15) is 22.3 Å². The first-order chi connectivity index (χ1) is 14.6. The Labute approximate surface area is 197 Å². The molecule has 0 N–H and O–H groups in total. The molecule has 0 aromatic heterocycles. The van der Waals surface area contributed by atoms with E-state index in [1.165, 1.54) is 55.6 Å². The summed E-state index contributed by atoms with van der Waals surface area (Å²) >= 11 is -0.826. The summed E-state index contributed by atoms with van der Waals surface area (Å²) in [7, 11) is 9.87. The Morgan fingerprint density at radius 2 is 0.967 bits per heavy atom. The predicted molar refractivity (Wildman–Crippen MR) is 127 cm³/mol. The van der Waals surface area contributed by atoms with E-state index in [-0.39, 0.29) is 0 Å². The normalized spacial score (nSPS) is 11.2. The molecule has 5 rings (SSSR count). The number of fused-ring (bicyclic) bond motifs is 3.